The highest BCUT2D eigenvalue weighted by Gasteiger charge is 2.29. The van der Waals surface area contributed by atoms with Crippen LogP contribution in [0.4, 0.5) is 0 Å². The first-order valence-electron chi connectivity index (χ1n) is 3.22. The van der Waals surface area contributed by atoms with Crippen molar-refractivity contribution in [2.45, 2.75) is 20.8 Å². The van der Waals surface area contributed by atoms with Crippen LogP contribution in [0.25, 0.3) is 0 Å². The van der Waals surface area contributed by atoms with Crippen molar-refractivity contribution in [2.75, 3.05) is 6.79 Å². The minimum absolute atomic E-state index is 0.633. The van der Waals surface area contributed by atoms with Gasteiger partial charge in [0.1, 0.15) is 0 Å². The topological polar surface area (TPSA) is 63.6 Å². The van der Waals surface area contributed by atoms with E-state index < -0.39 is 24.0 Å². The maximum atomic E-state index is 11.0. The van der Waals surface area contributed by atoms with Gasteiger partial charge in [-0.15, -0.1) is 0 Å². The van der Waals surface area contributed by atoms with E-state index in [1.165, 1.54) is 0 Å². The fourth-order valence-electron chi connectivity index (χ4n) is 0.430. The molecule has 1 N–H and O–H groups in total. The van der Waals surface area contributed by atoms with Gasteiger partial charge in [-0.1, -0.05) is 20.8 Å². The lowest BCUT2D eigenvalue weighted by Crippen LogP contribution is -2.30. The molecule has 4 nitrogen and oxygen atoms in total. The molecule has 4 heteroatoms. The van der Waals surface area contributed by atoms with E-state index in [2.05, 4.69) is 4.74 Å². The SMILES string of the molecule is CC(C)(C)C(=O)C(=O)OCO. The second-order valence-electron chi connectivity index (χ2n) is 3.14. The van der Waals surface area contributed by atoms with Crippen LogP contribution in [0.2, 0.25) is 0 Å². The summed E-state index contributed by atoms with van der Waals surface area (Å²) in [4.78, 5) is 21.6. The standard InChI is InChI=1S/C7H12O4/c1-7(2,3)5(9)6(10)11-4-8/h8H,4H2,1-3H3. The highest BCUT2D eigenvalue weighted by molar-refractivity contribution is 6.35. The van der Waals surface area contributed by atoms with Crippen molar-refractivity contribution in [2.24, 2.45) is 5.41 Å². The highest BCUT2D eigenvalue weighted by atomic mass is 16.6. The Morgan fingerprint density at radius 3 is 2.09 bits per heavy atom. The van der Waals surface area contributed by atoms with Gasteiger partial charge in [0.05, 0.1) is 0 Å². The monoisotopic (exact) mass is 160 g/mol. The van der Waals surface area contributed by atoms with E-state index in [4.69, 9.17) is 5.11 Å². The summed E-state index contributed by atoms with van der Waals surface area (Å²) in [5, 5.41) is 8.16. The second-order valence-corrected chi connectivity index (χ2v) is 3.14. The maximum Gasteiger partial charge on any atom is 0.377 e. The van der Waals surface area contributed by atoms with Crippen molar-refractivity contribution in [1.82, 2.24) is 0 Å². The number of ketones is 1. The molecule has 0 spiro atoms. The normalized spacial score (nSPS) is 10.9. The van der Waals surface area contributed by atoms with Gasteiger partial charge in [0, 0.05) is 5.41 Å². The molecule has 0 aliphatic carbocycles. The molecule has 0 fully saturated rings. The summed E-state index contributed by atoms with van der Waals surface area (Å²) in [7, 11) is 0. The molecule has 0 amide bonds. The lowest BCUT2D eigenvalue weighted by Gasteiger charge is -2.13. The molecule has 0 rings (SSSR count). The Bertz CT molecular complexity index is 166. The van der Waals surface area contributed by atoms with Crippen LogP contribution in [0.15, 0.2) is 0 Å². The summed E-state index contributed by atoms with van der Waals surface area (Å²) in [5.41, 5.74) is -0.744. The Morgan fingerprint density at radius 1 is 1.36 bits per heavy atom. The molecular weight excluding hydrogens is 148 g/mol. The van der Waals surface area contributed by atoms with E-state index in [9.17, 15) is 9.59 Å². The number of esters is 1. The zero-order valence-electron chi connectivity index (χ0n) is 6.88. The molecule has 0 aliphatic rings. The lowest BCUT2D eigenvalue weighted by molar-refractivity contribution is -0.163. The minimum atomic E-state index is -0.986. The lowest BCUT2D eigenvalue weighted by atomic mass is 9.91. The van der Waals surface area contributed by atoms with Gasteiger partial charge in [0.2, 0.25) is 5.78 Å². The van der Waals surface area contributed by atoms with Crippen LogP contribution in [-0.4, -0.2) is 23.7 Å². The fraction of sp³-hybridized carbons (Fsp3) is 0.714. The predicted molar refractivity (Wildman–Crippen MR) is 37.6 cm³/mol. The van der Waals surface area contributed by atoms with Crippen molar-refractivity contribution in [3.63, 3.8) is 0 Å². The summed E-state index contributed by atoms with van der Waals surface area (Å²) in [5.74, 6) is -1.62. The van der Waals surface area contributed by atoms with Crippen LogP contribution < -0.4 is 0 Å². The summed E-state index contributed by atoms with van der Waals surface area (Å²) in [6.07, 6.45) is 0. The van der Waals surface area contributed by atoms with Gasteiger partial charge in [0.15, 0.2) is 6.79 Å². The molecule has 0 aromatic heterocycles. The van der Waals surface area contributed by atoms with E-state index in [1.807, 2.05) is 0 Å². The first-order valence-corrected chi connectivity index (χ1v) is 3.22. The van der Waals surface area contributed by atoms with Crippen LogP contribution in [0.5, 0.6) is 0 Å². The van der Waals surface area contributed by atoms with Crippen LogP contribution in [-0.2, 0) is 14.3 Å². The van der Waals surface area contributed by atoms with E-state index in [0.717, 1.165) is 0 Å². The van der Waals surface area contributed by atoms with Crippen LogP contribution in [0, 0.1) is 5.41 Å². The smallest absolute Gasteiger partial charge is 0.377 e. The molecular formula is C7H12O4. The minimum Gasteiger partial charge on any atom is -0.433 e. The van der Waals surface area contributed by atoms with E-state index >= 15 is 0 Å². The van der Waals surface area contributed by atoms with Crippen molar-refractivity contribution in [3.8, 4) is 0 Å². The Balaban J connectivity index is 4.15. The molecule has 11 heavy (non-hydrogen) atoms. The number of ether oxygens (including phenoxy) is 1. The largest absolute Gasteiger partial charge is 0.433 e. The van der Waals surface area contributed by atoms with Crippen LogP contribution in [0.1, 0.15) is 20.8 Å². The molecule has 0 unspecified atom stereocenters. The molecule has 0 heterocycles. The third-order valence-electron chi connectivity index (χ3n) is 1.06. The number of aliphatic hydroxyl groups excluding tert-OH is 1. The van der Waals surface area contributed by atoms with Crippen LogP contribution in [0.3, 0.4) is 0 Å². The van der Waals surface area contributed by atoms with Crippen molar-refractivity contribution < 1.29 is 19.4 Å². The summed E-state index contributed by atoms with van der Waals surface area (Å²) in [6.45, 7) is 4.07. The van der Waals surface area contributed by atoms with Crippen LogP contribution >= 0.6 is 0 Å². The second kappa shape index (κ2) is 3.48. The van der Waals surface area contributed by atoms with Crippen molar-refractivity contribution in [3.05, 3.63) is 0 Å². The average molecular weight is 160 g/mol. The number of hydrogen-bond acceptors (Lipinski definition) is 4. The van der Waals surface area contributed by atoms with Gasteiger partial charge in [-0.2, -0.15) is 0 Å². The number of aliphatic hydroxyl groups is 1. The van der Waals surface area contributed by atoms with Gasteiger partial charge in [-0.25, -0.2) is 4.79 Å². The predicted octanol–water partition coefficient (Wildman–Crippen LogP) is 0.0946. The highest BCUT2D eigenvalue weighted by Crippen LogP contribution is 2.14. The first-order chi connectivity index (χ1) is 4.89. The van der Waals surface area contributed by atoms with Gasteiger partial charge in [0.25, 0.3) is 0 Å². The van der Waals surface area contributed by atoms with Gasteiger partial charge in [-0.3, -0.25) is 4.79 Å². The molecule has 0 radical (unpaired) electrons. The van der Waals surface area contributed by atoms with E-state index in [0.29, 0.717) is 0 Å². The van der Waals surface area contributed by atoms with Gasteiger partial charge >= 0.3 is 5.97 Å². The average Bonchev–Trinajstić information content (AvgIpc) is 1.85. The number of Topliss-reactive ketones (excluding diaryl/α,β-unsaturated/α-hetero) is 1. The van der Waals surface area contributed by atoms with Gasteiger partial charge in [-0.05, 0) is 0 Å². The van der Waals surface area contributed by atoms with E-state index in [1.54, 1.807) is 20.8 Å². The Hall–Kier alpha value is -0.900. The molecule has 0 atom stereocenters. The molecule has 0 aromatic carbocycles. The quantitative estimate of drug-likeness (QED) is 0.353. The first kappa shape index (κ1) is 10.1. The molecule has 0 saturated heterocycles. The van der Waals surface area contributed by atoms with E-state index in [-0.39, 0.29) is 0 Å². The van der Waals surface area contributed by atoms with Gasteiger partial charge < -0.3 is 9.84 Å². The van der Waals surface area contributed by atoms with Crippen molar-refractivity contribution >= 4 is 11.8 Å². The summed E-state index contributed by atoms with van der Waals surface area (Å²) >= 11 is 0. The van der Waals surface area contributed by atoms with Crippen molar-refractivity contribution in [1.29, 1.82) is 0 Å². The summed E-state index contributed by atoms with van der Waals surface area (Å²) in [6, 6.07) is 0. The summed E-state index contributed by atoms with van der Waals surface area (Å²) < 4.78 is 4.10. The Morgan fingerprint density at radius 2 is 1.82 bits per heavy atom. The molecule has 0 aromatic rings. The third-order valence-corrected chi connectivity index (χ3v) is 1.06. The number of carbonyl (C=O) groups excluding carboxylic acids is 2. The molecule has 0 saturated carbocycles. The Kier molecular flexibility index (Phi) is 3.19. The fourth-order valence-corrected chi connectivity index (χ4v) is 0.430. The zero-order valence-corrected chi connectivity index (χ0v) is 6.88. The molecule has 0 bridgehead atoms. The zero-order chi connectivity index (χ0) is 9.07. The molecule has 0 aliphatic heterocycles. The number of rotatable bonds is 2. The number of hydrogen-bond donors (Lipinski definition) is 1. The maximum absolute atomic E-state index is 11.0. The Labute approximate surface area is 65.2 Å². The third kappa shape index (κ3) is 3.13. The number of carbonyl (C=O) groups is 2. The molecule has 64 valence electrons.